The Kier molecular flexibility index (Phi) is 2.80. The highest BCUT2D eigenvalue weighted by atomic mass is 35.5. The predicted octanol–water partition coefficient (Wildman–Crippen LogP) is 2.96. The summed E-state index contributed by atoms with van der Waals surface area (Å²) in [4.78, 5) is 11.6. The number of benzene rings is 2. The van der Waals surface area contributed by atoms with Crippen molar-refractivity contribution in [1.82, 2.24) is 5.32 Å². The van der Waals surface area contributed by atoms with Gasteiger partial charge in [-0.3, -0.25) is 4.79 Å². The van der Waals surface area contributed by atoms with Crippen molar-refractivity contribution in [2.45, 2.75) is 6.54 Å². The van der Waals surface area contributed by atoms with Crippen molar-refractivity contribution in [1.29, 1.82) is 0 Å². The number of hydrogen-bond acceptors (Lipinski definition) is 3. The van der Waals surface area contributed by atoms with Crippen LogP contribution in [0.1, 0.15) is 15.9 Å². The van der Waals surface area contributed by atoms with Crippen molar-refractivity contribution in [3.8, 4) is 11.5 Å². The van der Waals surface area contributed by atoms with E-state index < -0.39 is 0 Å². The monoisotopic (exact) mass is 274 g/mol. The van der Waals surface area contributed by atoms with E-state index in [1.54, 1.807) is 24.3 Å². The van der Waals surface area contributed by atoms with E-state index in [9.17, 15) is 4.79 Å². The molecule has 0 bridgehead atoms. The molecule has 96 valence electrons. The molecule has 0 saturated heterocycles. The standard InChI is InChI=1S/C14H11ClN2O2/c15-12-5-9(16)2-4-13(12)19-10-3-1-8-7-17-14(18)11(8)6-10/h1-6H,7,16H2,(H,17,18). The van der Waals surface area contributed by atoms with Crippen LogP contribution < -0.4 is 15.8 Å². The van der Waals surface area contributed by atoms with Gasteiger partial charge in [-0.05, 0) is 35.9 Å². The first-order valence-corrected chi connectivity index (χ1v) is 6.15. The lowest BCUT2D eigenvalue weighted by atomic mass is 10.1. The zero-order chi connectivity index (χ0) is 13.4. The molecule has 2 aromatic carbocycles. The number of anilines is 1. The number of nitrogen functional groups attached to an aromatic ring is 1. The van der Waals surface area contributed by atoms with Gasteiger partial charge in [0.15, 0.2) is 0 Å². The molecule has 1 amide bonds. The molecule has 5 heteroatoms. The van der Waals surface area contributed by atoms with Crippen molar-refractivity contribution in [3.05, 3.63) is 52.5 Å². The Morgan fingerprint density at radius 1 is 1.21 bits per heavy atom. The number of amides is 1. The second kappa shape index (κ2) is 4.48. The van der Waals surface area contributed by atoms with Gasteiger partial charge in [0.2, 0.25) is 0 Å². The molecule has 0 spiro atoms. The number of ether oxygens (including phenoxy) is 1. The maximum atomic E-state index is 11.6. The fourth-order valence-electron chi connectivity index (χ4n) is 1.98. The van der Waals surface area contributed by atoms with Gasteiger partial charge < -0.3 is 15.8 Å². The van der Waals surface area contributed by atoms with Crippen LogP contribution in [-0.2, 0) is 6.54 Å². The number of nitrogens with two attached hydrogens (primary N) is 1. The Labute approximate surface area is 115 Å². The molecule has 3 N–H and O–H groups in total. The summed E-state index contributed by atoms with van der Waals surface area (Å²) in [5.41, 5.74) is 7.81. The molecular weight excluding hydrogens is 264 g/mol. The molecule has 0 fully saturated rings. The van der Waals surface area contributed by atoms with Gasteiger partial charge in [-0.1, -0.05) is 17.7 Å². The van der Waals surface area contributed by atoms with Gasteiger partial charge in [0, 0.05) is 17.8 Å². The van der Waals surface area contributed by atoms with Crippen LogP contribution in [0.5, 0.6) is 11.5 Å². The molecule has 2 aromatic rings. The van der Waals surface area contributed by atoms with E-state index in [-0.39, 0.29) is 5.91 Å². The van der Waals surface area contributed by atoms with E-state index in [2.05, 4.69) is 5.32 Å². The van der Waals surface area contributed by atoms with Gasteiger partial charge in [-0.15, -0.1) is 0 Å². The maximum absolute atomic E-state index is 11.6. The Morgan fingerprint density at radius 2 is 2.05 bits per heavy atom. The SMILES string of the molecule is Nc1ccc(Oc2ccc3c(c2)C(=O)NC3)c(Cl)c1. The Bertz CT molecular complexity index is 670. The lowest BCUT2D eigenvalue weighted by molar-refractivity contribution is 0.0965. The lowest BCUT2D eigenvalue weighted by Gasteiger charge is -2.09. The van der Waals surface area contributed by atoms with Crippen LogP contribution >= 0.6 is 11.6 Å². The molecule has 1 heterocycles. The summed E-state index contributed by atoms with van der Waals surface area (Å²) in [7, 11) is 0. The molecule has 0 atom stereocenters. The third-order valence-corrected chi connectivity index (χ3v) is 3.24. The summed E-state index contributed by atoms with van der Waals surface area (Å²) in [6.07, 6.45) is 0. The maximum Gasteiger partial charge on any atom is 0.252 e. The number of fused-ring (bicyclic) bond motifs is 1. The summed E-state index contributed by atoms with van der Waals surface area (Å²) in [5.74, 6) is 1.00. The molecule has 0 radical (unpaired) electrons. The summed E-state index contributed by atoms with van der Waals surface area (Å²) < 4.78 is 5.67. The third-order valence-electron chi connectivity index (χ3n) is 2.95. The van der Waals surface area contributed by atoms with Crippen LogP contribution in [0.25, 0.3) is 0 Å². The quantitative estimate of drug-likeness (QED) is 0.828. The molecule has 1 aliphatic heterocycles. The van der Waals surface area contributed by atoms with Crippen molar-refractivity contribution in [2.24, 2.45) is 0 Å². The number of nitrogens with one attached hydrogen (secondary N) is 1. The number of carbonyl (C=O) groups excluding carboxylic acids is 1. The topological polar surface area (TPSA) is 64.3 Å². The Hall–Kier alpha value is -2.20. The van der Waals surface area contributed by atoms with Gasteiger partial charge in [0.25, 0.3) is 5.91 Å². The molecule has 3 rings (SSSR count). The normalized spacial score (nSPS) is 13.0. The molecule has 0 aromatic heterocycles. The van der Waals surface area contributed by atoms with Gasteiger partial charge in [0.1, 0.15) is 11.5 Å². The van der Waals surface area contributed by atoms with Crippen LogP contribution in [0.15, 0.2) is 36.4 Å². The van der Waals surface area contributed by atoms with Crippen molar-refractivity contribution in [2.75, 3.05) is 5.73 Å². The van der Waals surface area contributed by atoms with Crippen LogP contribution in [0.2, 0.25) is 5.02 Å². The van der Waals surface area contributed by atoms with E-state index in [0.29, 0.717) is 34.3 Å². The summed E-state index contributed by atoms with van der Waals surface area (Å²) in [6, 6.07) is 10.4. The largest absolute Gasteiger partial charge is 0.456 e. The minimum absolute atomic E-state index is 0.0798. The second-order valence-corrected chi connectivity index (χ2v) is 4.70. The number of carbonyl (C=O) groups is 1. The van der Waals surface area contributed by atoms with Crippen molar-refractivity contribution >= 4 is 23.2 Å². The number of rotatable bonds is 2. The smallest absolute Gasteiger partial charge is 0.252 e. The minimum atomic E-state index is -0.0798. The van der Waals surface area contributed by atoms with Crippen LogP contribution in [0, 0.1) is 0 Å². The van der Waals surface area contributed by atoms with Crippen LogP contribution in [0.3, 0.4) is 0 Å². The average Bonchev–Trinajstić information content (AvgIpc) is 2.75. The van der Waals surface area contributed by atoms with Crippen molar-refractivity contribution < 1.29 is 9.53 Å². The van der Waals surface area contributed by atoms with Crippen LogP contribution in [-0.4, -0.2) is 5.91 Å². The summed E-state index contributed by atoms with van der Waals surface area (Å²) in [5, 5.41) is 3.19. The highest BCUT2D eigenvalue weighted by Crippen LogP contribution is 2.32. The van der Waals surface area contributed by atoms with Gasteiger partial charge >= 0.3 is 0 Å². The molecule has 0 saturated carbocycles. The molecule has 4 nitrogen and oxygen atoms in total. The van der Waals surface area contributed by atoms with E-state index in [4.69, 9.17) is 22.1 Å². The fraction of sp³-hybridized carbons (Fsp3) is 0.0714. The molecular formula is C14H11ClN2O2. The summed E-state index contributed by atoms with van der Waals surface area (Å²) >= 11 is 6.04. The highest BCUT2D eigenvalue weighted by molar-refractivity contribution is 6.32. The van der Waals surface area contributed by atoms with Crippen molar-refractivity contribution in [3.63, 3.8) is 0 Å². The molecule has 0 unspecified atom stereocenters. The fourth-order valence-corrected chi connectivity index (χ4v) is 2.21. The highest BCUT2D eigenvalue weighted by Gasteiger charge is 2.19. The van der Waals surface area contributed by atoms with Gasteiger partial charge in [0.05, 0.1) is 5.02 Å². The minimum Gasteiger partial charge on any atom is -0.456 e. The van der Waals surface area contributed by atoms with Gasteiger partial charge in [-0.2, -0.15) is 0 Å². The zero-order valence-corrected chi connectivity index (χ0v) is 10.7. The second-order valence-electron chi connectivity index (χ2n) is 4.29. The Morgan fingerprint density at radius 3 is 2.84 bits per heavy atom. The first-order chi connectivity index (χ1) is 9.13. The summed E-state index contributed by atoms with van der Waals surface area (Å²) in [6.45, 7) is 0.567. The van der Waals surface area contributed by atoms with Gasteiger partial charge in [-0.25, -0.2) is 0 Å². The zero-order valence-electron chi connectivity index (χ0n) is 9.94. The first-order valence-electron chi connectivity index (χ1n) is 5.77. The lowest BCUT2D eigenvalue weighted by Crippen LogP contribution is -2.12. The van der Waals surface area contributed by atoms with E-state index in [0.717, 1.165) is 5.56 Å². The molecule has 0 aliphatic carbocycles. The van der Waals surface area contributed by atoms with Crippen LogP contribution in [0.4, 0.5) is 5.69 Å². The first kappa shape index (κ1) is 11.9. The predicted molar refractivity (Wildman–Crippen MR) is 73.6 cm³/mol. The molecule has 1 aliphatic rings. The molecule has 19 heavy (non-hydrogen) atoms. The van der Waals surface area contributed by atoms with E-state index in [1.165, 1.54) is 0 Å². The van der Waals surface area contributed by atoms with E-state index in [1.807, 2.05) is 12.1 Å². The Balaban J connectivity index is 1.92. The third kappa shape index (κ3) is 2.22. The number of hydrogen-bond donors (Lipinski definition) is 2. The van der Waals surface area contributed by atoms with E-state index >= 15 is 0 Å². The number of halogens is 1. The average molecular weight is 275 g/mol.